The number of methoxy groups -OCH3 is 1. The van der Waals surface area contributed by atoms with E-state index in [0.29, 0.717) is 45.0 Å². The topological polar surface area (TPSA) is 86.1 Å². The van der Waals surface area contributed by atoms with E-state index < -0.39 is 5.60 Å². The van der Waals surface area contributed by atoms with E-state index in [2.05, 4.69) is 16.7 Å². The second-order valence-electron chi connectivity index (χ2n) is 12.7. The third-order valence-corrected chi connectivity index (χ3v) is 8.40. The van der Waals surface area contributed by atoms with Crippen LogP contribution in [0.4, 0.5) is 4.79 Å². The number of nitrogens with zero attached hydrogens (tertiary/aromatic N) is 4. The molecule has 2 aliphatic rings. The van der Waals surface area contributed by atoms with E-state index in [1.54, 1.807) is 12.0 Å². The minimum Gasteiger partial charge on any atom is -0.444 e. The van der Waals surface area contributed by atoms with E-state index >= 15 is 0 Å². The quantitative estimate of drug-likeness (QED) is 0.279. The SMILES string of the molecule is COCCOC1CCCC[C@@H]1n1cnc(C(=O)N2CCN(C(=O)OC(C)(C)C)C[C@H]2Cc2ccccc2)c1-c1ccccc1. The molecule has 0 spiro atoms. The van der Waals surface area contributed by atoms with Crippen molar-refractivity contribution < 1.29 is 23.8 Å². The van der Waals surface area contributed by atoms with Gasteiger partial charge in [0.15, 0.2) is 5.69 Å². The van der Waals surface area contributed by atoms with Crippen LogP contribution < -0.4 is 0 Å². The fraction of sp³-hybridized carbons (Fsp3) is 0.514. The highest BCUT2D eigenvalue weighted by molar-refractivity contribution is 5.98. The highest BCUT2D eigenvalue weighted by atomic mass is 16.6. The molecule has 0 N–H and O–H groups in total. The van der Waals surface area contributed by atoms with Crippen LogP contribution in [0.3, 0.4) is 0 Å². The number of aromatic nitrogens is 2. The van der Waals surface area contributed by atoms with Crippen molar-refractivity contribution in [3.05, 3.63) is 78.2 Å². The molecule has 2 heterocycles. The second-order valence-corrected chi connectivity index (χ2v) is 12.7. The zero-order chi connectivity index (χ0) is 31.1. The lowest BCUT2D eigenvalue weighted by Crippen LogP contribution is -2.58. The molecule has 3 aromatic rings. The predicted molar refractivity (Wildman–Crippen MR) is 170 cm³/mol. The minimum absolute atomic E-state index is 0.0155. The van der Waals surface area contributed by atoms with Gasteiger partial charge in [-0.15, -0.1) is 0 Å². The van der Waals surface area contributed by atoms with Gasteiger partial charge in [0.25, 0.3) is 5.91 Å². The van der Waals surface area contributed by atoms with Gasteiger partial charge in [0.2, 0.25) is 0 Å². The molecule has 1 saturated carbocycles. The number of ether oxygens (including phenoxy) is 3. The molecule has 236 valence electrons. The maximum Gasteiger partial charge on any atom is 0.410 e. The first-order valence-corrected chi connectivity index (χ1v) is 15.8. The van der Waals surface area contributed by atoms with Crippen LogP contribution >= 0.6 is 0 Å². The van der Waals surface area contributed by atoms with E-state index in [9.17, 15) is 9.59 Å². The molecular formula is C35H46N4O5. The number of benzene rings is 2. The molecule has 1 unspecified atom stereocenters. The summed E-state index contributed by atoms with van der Waals surface area (Å²) in [6, 6.07) is 20.0. The summed E-state index contributed by atoms with van der Waals surface area (Å²) in [6.45, 7) is 7.85. The Kier molecular flexibility index (Phi) is 10.4. The van der Waals surface area contributed by atoms with Crippen LogP contribution in [0.1, 0.15) is 68.5 Å². The number of carbonyl (C=O) groups is 2. The Hall–Kier alpha value is -3.69. The minimum atomic E-state index is -0.597. The maximum absolute atomic E-state index is 14.6. The summed E-state index contributed by atoms with van der Waals surface area (Å²) in [5.41, 5.74) is 2.70. The molecule has 2 fully saturated rings. The number of carbonyl (C=O) groups excluding carboxylic acids is 2. The van der Waals surface area contributed by atoms with Gasteiger partial charge in [0, 0.05) is 32.3 Å². The first-order chi connectivity index (χ1) is 21.2. The standard InChI is InChI=1S/C35H46N4O5/c1-35(2,3)44-34(41)37-19-20-38(28(24-37)23-26-13-7-5-8-14-26)33(40)31-32(27-15-9-6-10-16-27)39(25-36-31)29-17-11-12-18-30(29)43-22-21-42-4/h5-10,13-16,25,28-30H,11-12,17-24H2,1-4H3/t28-,29+,30?/m1/s1. The Balaban J connectivity index is 1.47. The maximum atomic E-state index is 14.6. The lowest BCUT2D eigenvalue weighted by atomic mass is 9.91. The summed E-state index contributed by atoms with van der Waals surface area (Å²) in [6.07, 6.45) is 6.21. The first-order valence-electron chi connectivity index (χ1n) is 15.8. The Morgan fingerprint density at radius 2 is 1.64 bits per heavy atom. The predicted octanol–water partition coefficient (Wildman–Crippen LogP) is 6.00. The molecule has 2 amide bonds. The van der Waals surface area contributed by atoms with Crippen LogP contribution in [-0.4, -0.2) is 89.1 Å². The van der Waals surface area contributed by atoms with Crippen LogP contribution in [0.15, 0.2) is 67.0 Å². The van der Waals surface area contributed by atoms with Gasteiger partial charge in [-0.3, -0.25) is 4.79 Å². The molecule has 2 aromatic carbocycles. The van der Waals surface area contributed by atoms with Crippen molar-refractivity contribution in [3.63, 3.8) is 0 Å². The lowest BCUT2D eigenvalue weighted by molar-refractivity contribution is -0.0264. The number of piperazine rings is 1. The smallest absolute Gasteiger partial charge is 0.410 e. The van der Waals surface area contributed by atoms with Gasteiger partial charge < -0.3 is 28.6 Å². The number of amides is 2. The molecule has 44 heavy (non-hydrogen) atoms. The highest BCUT2D eigenvalue weighted by Gasteiger charge is 2.38. The molecule has 9 heteroatoms. The van der Waals surface area contributed by atoms with Crippen molar-refractivity contribution in [3.8, 4) is 11.3 Å². The Morgan fingerprint density at radius 1 is 0.932 bits per heavy atom. The van der Waals surface area contributed by atoms with Crippen LogP contribution in [0, 0.1) is 0 Å². The van der Waals surface area contributed by atoms with Gasteiger partial charge in [0.1, 0.15) is 5.60 Å². The molecule has 1 aromatic heterocycles. The average Bonchev–Trinajstić information content (AvgIpc) is 3.46. The molecule has 1 aliphatic heterocycles. The van der Waals surface area contributed by atoms with Crippen LogP contribution in [0.5, 0.6) is 0 Å². The summed E-state index contributed by atoms with van der Waals surface area (Å²) < 4.78 is 19.4. The Labute approximate surface area is 261 Å². The van der Waals surface area contributed by atoms with Gasteiger partial charge in [-0.05, 0) is 45.6 Å². The van der Waals surface area contributed by atoms with Crippen LogP contribution in [-0.2, 0) is 20.6 Å². The lowest BCUT2D eigenvalue weighted by Gasteiger charge is -2.41. The summed E-state index contributed by atoms with van der Waals surface area (Å²) in [5, 5.41) is 0. The molecule has 5 rings (SSSR count). The molecular weight excluding hydrogens is 556 g/mol. The van der Waals surface area contributed by atoms with E-state index in [4.69, 9.17) is 19.2 Å². The summed E-state index contributed by atoms with van der Waals surface area (Å²) >= 11 is 0. The third kappa shape index (κ3) is 7.68. The van der Waals surface area contributed by atoms with Crippen molar-refractivity contribution in [2.45, 2.75) is 76.7 Å². The fourth-order valence-electron chi connectivity index (χ4n) is 6.34. The van der Waals surface area contributed by atoms with Crippen molar-refractivity contribution in [1.82, 2.24) is 19.4 Å². The van der Waals surface area contributed by atoms with E-state index in [1.807, 2.05) is 80.5 Å². The van der Waals surface area contributed by atoms with Gasteiger partial charge in [-0.25, -0.2) is 9.78 Å². The van der Waals surface area contributed by atoms with E-state index in [-0.39, 0.29) is 30.2 Å². The number of imidazole rings is 1. The molecule has 1 saturated heterocycles. The van der Waals surface area contributed by atoms with Crippen molar-refractivity contribution in [1.29, 1.82) is 0 Å². The van der Waals surface area contributed by atoms with Gasteiger partial charge in [0.05, 0.1) is 43.4 Å². The number of rotatable bonds is 9. The monoisotopic (exact) mass is 602 g/mol. The number of hydrogen-bond acceptors (Lipinski definition) is 6. The molecule has 0 radical (unpaired) electrons. The highest BCUT2D eigenvalue weighted by Crippen LogP contribution is 2.36. The first kappa shape index (κ1) is 31.7. The number of hydrogen-bond donors (Lipinski definition) is 0. The Morgan fingerprint density at radius 3 is 2.34 bits per heavy atom. The van der Waals surface area contributed by atoms with Crippen molar-refractivity contribution in [2.24, 2.45) is 0 Å². The molecule has 3 atom stereocenters. The second kappa shape index (κ2) is 14.4. The zero-order valence-corrected chi connectivity index (χ0v) is 26.5. The van der Waals surface area contributed by atoms with E-state index in [1.165, 1.54) is 0 Å². The molecule has 0 bridgehead atoms. The zero-order valence-electron chi connectivity index (χ0n) is 26.5. The summed E-state index contributed by atoms with van der Waals surface area (Å²) in [4.78, 5) is 36.1. The largest absolute Gasteiger partial charge is 0.444 e. The van der Waals surface area contributed by atoms with Crippen LogP contribution in [0.2, 0.25) is 0 Å². The van der Waals surface area contributed by atoms with Crippen LogP contribution in [0.25, 0.3) is 11.3 Å². The summed E-state index contributed by atoms with van der Waals surface area (Å²) in [5.74, 6) is -0.125. The van der Waals surface area contributed by atoms with Gasteiger partial charge >= 0.3 is 6.09 Å². The molecule has 9 nitrogen and oxygen atoms in total. The summed E-state index contributed by atoms with van der Waals surface area (Å²) in [7, 11) is 1.68. The van der Waals surface area contributed by atoms with Crippen molar-refractivity contribution in [2.75, 3.05) is 40.0 Å². The van der Waals surface area contributed by atoms with Gasteiger partial charge in [-0.1, -0.05) is 73.5 Å². The van der Waals surface area contributed by atoms with E-state index in [0.717, 1.165) is 42.5 Å². The van der Waals surface area contributed by atoms with Gasteiger partial charge in [-0.2, -0.15) is 0 Å². The normalized spacial score (nSPS) is 20.9. The molecule has 1 aliphatic carbocycles. The van der Waals surface area contributed by atoms with Crippen molar-refractivity contribution >= 4 is 12.0 Å². The Bertz CT molecular complexity index is 1370. The average molecular weight is 603 g/mol. The fourth-order valence-corrected chi connectivity index (χ4v) is 6.34. The third-order valence-electron chi connectivity index (χ3n) is 8.40.